The van der Waals surface area contributed by atoms with Crippen LogP contribution in [0.1, 0.15) is 118 Å². The maximum atomic E-state index is 12.6. The van der Waals surface area contributed by atoms with Gasteiger partial charge < -0.3 is 9.84 Å². The summed E-state index contributed by atoms with van der Waals surface area (Å²) >= 11 is 0. The highest BCUT2D eigenvalue weighted by Gasteiger charge is 2.31. The first-order chi connectivity index (χ1) is 13.8. The van der Waals surface area contributed by atoms with Gasteiger partial charge in [-0.25, -0.2) is 0 Å². The molecule has 0 amide bonds. The van der Waals surface area contributed by atoms with E-state index in [0.29, 0.717) is 31.6 Å². The molecule has 1 aliphatic rings. The number of ether oxygens (including phenoxy) is 1. The zero-order valence-corrected chi connectivity index (χ0v) is 19.5. The molecule has 1 aliphatic carbocycles. The van der Waals surface area contributed by atoms with E-state index in [2.05, 4.69) is 27.7 Å². The predicted molar refractivity (Wildman–Crippen MR) is 119 cm³/mol. The lowest BCUT2D eigenvalue weighted by Gasteiger charge is -2.27. The average molecular weight is 411 g/mol. The molecule has 0 spiro atoms. The Hall–Kier alpha value is -1.06. The van der Waals surface area contributed by atoms with E-state index in [0.717, 1.165) is 31.6 Å². The van der Waals surface area contributed by atoms with Gasteiger partial charge in [-0.1, -0.05) is 66.2 Å². The van der Waals surface area contributed by atoms with Gasteiger partial charge in [-0.2, -0.15) is 0 Å². The van der Waals surface area contributed by atoms with E-state index in [1.54, 1.807) is 0 Å². The van der Waals surface area contributed by atoms with Gasteiger partial charge in [-0.3, -0.25) is 9.59 Å². The van der Waals surface area contributed by atoms with E-state index in [4.69, 9.17) is 9.84 Å². The zero-order valence-electron chi connectivity index (χ0n) is 19.5. The smallest absolute Gasteiger partial charge is 0.309 e. The molecule has 1 fully saturated rings. The molecule has 1 rings (SSSR count). The van der Waals surface area contributed by atoms with Crippen molar-refractivity contribution >= 4 is 11.9 Å². The first kappa shape index (κ1) is 26.0. The van der Waals surface area contributed by atoms with Gasteiger partial charge in [0.1, 0.15) is 6.10 Å². The monoisotopic (exact) mass is 410 g/mol. The van der Waals surface area contributed by atoms with Crippen molar-refractivity contribution in [3.63, 3.8) is 0 Å². The van der Waals surface area contributed by atoms with E-state index in [1.165, 1.54) is 38.5 Å². The predicted octanol–water partition coefficient (Wildman–Crippen LogP) is 7.00. The number of hydrogen-bond acceptors (Lipinski definition) is 3. The Labute approximate surface area is 179 Å². The third kappa shape index (κ3) is 12.3. The maximum absolute atomic E-state index is 12.6. The molecule has 0 aromatic heterocycles. The minimum atomic E-state index is -0.726. The second-order valence-electron chi connectivity index (χ2n) is 10.0. The molecule has 0 heterocycles. The molecule has 0 radical (unpaired) electrons. The Morgan fingerprint density at radius 2 is 1.21 bits per heavy atom. The Kier molecular flexibility index (Phi) is 13.3. The number of carbonyl (C=O) groups is 2. The third-order valence-corrected chi connectivity index (χ3v) is 6.32. The molecule has 4 heteroatoms. The van der Waals surface area contributed by atoms with Crippen LogP contribution in [0.25, 0.3) is 0 Å². The summed E-state index contributed by atoms with van der Waals surface area (Å²) in [7, 11) is 0. The van der Waals surface area contributed by atoms with Crippen LogP contribution in [-0.2, 0) is 14.3 Å². The van der Waals surface area contributed by atoms with Crippen molar-refractivity contribution in [3.05, 3.63) is 0 Å². The molecule has 4 nitrogen and oxygen atoms in total. The van der Waals surface area contributed by atoms with Crippen LogP contribution in [0.15, 0.2) is 0 Å². The topological polar surface area (TPSA) is 63.6 Å². The summed E-state index contributed by atoms with van der Waals surface area (Å²) in [5.41, 5.74) is 0. The minimum Gasteiger partial charge on any atom is -0.481 e. The number of unbranched alkanes of at least 4 members (excludes halogenated alkanes) is 5. The first-order valence-electron chi connectivity index (χ1n) is 12.2. The quantitative estimate of drug-likeness (QED) is 0.233. The first-order valence-corrected chi connectivity index (χ1v) is 12.2. The molecule has 0 bridgehead atoms. The maximum Gasteiger partial charge on any atom is 0.309 e. The normalized spacial score (nSPS) is 20.8. The lowest BCUT2D eigenvalue weighted by Crippen LogP contribution is -2.30. The molecule has 1 atom stereocenters. The van der Waals surface area contributed by atoms with Crippen molar-refractivity contribution in [1.29, 1.82) is 0 Å². The van der Waals surface area contributed by atoms with Crippen molar-refractivity contribution in [2.24, 2.45) is 23.7 Å². The molecule has 0 aliphatic heterocycles. The molecule has 0 aromatic rings. The summed E-state index contributed by atoms with van der Waals surface area (Å²) in [5, 5.41) is 9.13. The van der Waals surface area contributed by atoms with Gasteiger partial charge >= 0.3 is 11.9 Å². The van der Waals surface area contributed by atoms with Crippen LogP contribution in [0, 0.1) is 23.7 Å². The Bertz CT molecular complexity index is 450. The van der Waals surface area contributed by atoms with Crippen LogP contribution < -0.4 is 0 Å². The van der Waals surface area contributed by atoms with E-state index < -0.39 is 5.97 Å². The molecule has 1 N–H and O–H groups in total. The van der Waals surface area contributed by atoms with Crippen LogP contribution >= 0.6 is 0 Å². The Morgan fingerprint density at radius 1 is 0.724 bits per heavy atom. The lowest BCUT2D eigenvalue weighted by atomic mass is 9.82. The zero-order chi connectivity index (χ0) is 21.6. The minimum absolute atomic E-state index is 0.0306. The summed E-state index contributed by atoms with van der Waals surface area (Å²) in [5.74, 6) is 0.227. The summed E-state index contributed by atoms with van der Waals surface area (Å²) in [6.07, 6.45) is 14.5. The van der Waals surface area contributed by atoms with E-state index in [-0.39, 0.29) is 23.9 Å². The van der Waals surface area contributed by atoms with Gasteiger partial charge in [-0.15, -0.1) is 0 Å². The van der Waals surface area contributed by atoms with Gasteiger partial charge in [0.15, 0.2) is 0 Å². The molecule has 1 unspecified atom stereocenters. The fraction of sp³-hybridized carbons (Fsp3) is 0.920. The van der Waals surface area contributed by atoms with Crippen LogP contribution in [0.4, 0.5) is 0 Å². The molecular weight excluding hydrogens is 364 g/mol. The van der Waals surface area contributed by atoms with Crippen molar-refractivity contribution in [2.75, 3.05) is 0 Å². The van der Waals surface area contributed by atoms with Crippen molar-refractivity contribution in [3.8, 4) is 0 Å². The average Bonchev–Trinajstić information content (AvgIpc) is 2.67. The highest BCUT2D eigenvalue weighted by molar-refractivity contribution is 5.74. The Morgan fingerprint density at radius 3 is 1.72 bits per heavy atom. The highest BCUT2D eigenvalue weighted by atomic mass is 16.5. The van der Waals surface area contributed by atoms with Crippen LogP contribution in [0.3, 0.4) is 0 Å². The van der Waals surface area contributed by atoms with Crippen molar-refractivity contribution in [2.45, 2.75) is 124 Å². The van der Waals surface area contributed by atoms with Gasteiger partial charge in [0.2, 0.25) is 0 Å². The van der Waals surface area contributed by atoms with Crippen LogP contribution in [0.5, 0.6) is 0 Å². The number of carbonyl (C=O) groups excluding carboxylic acids is 1. The fourth-order valence-corrected chi connectivity index (χ4v) is 4.25. The number of carboxylic acid groups (broad SMARTS) is 1. The van der Waals surface area contributed by atoms with E-state index in [9.17, 15) is 9.59 Å². The lowest BCUT2D eigenvalue weighted by molar-refractivity contribution is -0.158. The third-order valence-electron chi connectivity index (χ3n) is 6.32. The van der Waals surface area contributed by atoms with E-state index in [1.807, 2.05) is 0 Å². The summed E-state index contributed by atoms with van der Waals surface area (Å²) in [4.78, 5) is 23.7. The molecule has 0 aromatic carbocycles. The van der Waals surface area contributed by atoms with Gasteiger partial charge in [-0.05, 0) is 63.2 Å². The fourth-order valence-electron chi connectivity index (χ4n) is 4.25. The van der Waals surface area contributed by atoms with E-state index >= 15 is 0 Å². The number of carboxylic acids is 1. The van der Waals surface area contributed by atoms with Crippen molar-refractivity contribution < 1.29 is 19.4 Å². The second kappa shape index (κ2) is 14.8. The molecule has 1 saturated carbocycles. The SMILES string of the molecule is CC(C)CCCCCCCCC(CCC(C)C)OC(=O)C1CCC(C(=O)O)CC1. The standard InChI is InChI=1S/C25H46O4/c1-19(2)11-9-7-5-6-8-10-12-23(18-13-20(3)4)29-25(28)22-16-14-21(15-17-22)24(26)27/h19-23H,5-18H2,1-4H3,(H,26,27). The van der Waals surface area contributed by atoms with Crippen LogP contribution in [0.2, 0.25) is 0 Å². The van der Waals surface area contributed by atoms with Crippen LogP contribution in [-0.4, -0.2) is 23.1 Å². The molecule has 170 valence electrons. The van der Waals surface area contributed by atoms with Gasteiger partial charge in [0, 0.05) is 0 Å². The molecule has 0 saturated heterocycles. The largest absolute Gasteiger partial charge is 0.481 e. The van der Waals surface area contributed by atoms with Gasteiger partial charge in [0.25, 0.3) is 0 Å². The summed E-state index contributed by atoms with van der Waals surface area (Å²) in [6.45, 7) is 9.00. The number of hydrogen-bond donors (Lipinski definition) is 1. The Balaban J connectivity index is 2.30. The number of rotatable bonds is 15. The summed E-state index contributed by atoms with van der Waals surface area (Å²) < 4.78 is 5.92. The number of esters is 1. The summed E-state index contributed by atoms with van der Waals surface area (Å²) in [6, 6.07) is 0. The number of aliphatic carboxylic acids is 1. The second-order valence-corrected chi connectivity index (χ2v) is 10.0. The highest BCUT2D eigenvalue weighted by Crippen LogP contribution is 2.30. The van der Waals surface area contributed by atoms with Gasteiger partial charge in [0.05, 0.1) is 11.8 Å². The molecular formula is C25H46O4. The molecule has 29 heavy (non-hydrogen) atoms. The van der Waals surface area contributed by atoms with Crippen molar-refractivity contribution in [1.82, 2.24) is 0 Å².